The number of carbonyl (C=O) groups excluding carboxylic acids is 3. The fourth-order valence-electron chi connectivity index (χ4n) is 6.77. The van der Waals surface area contributed by atoms with Gasteiger partial charge < -0.3 is 24.8 Å². The largest absolute Gasteiger partial charge is 0.508 e. The van der Waals surface area contributed by atoms with Gasteiger partial charge in [-0.3, -0.25) is 9.69 Å². The fraction of sp³-hybridized carbons (Fsp3) is 0.654. The number of fused-ring (bicyclic) bond motifs is 1. The van der Waals surface area contributed by atoms with Crippen molar-refractivity contribution in [1.29, 1.82) is 0 Å². The molecule has 4 fully saturated rings. The lowest BCUT2D eigenvalue weighted by Crippen LogP contribution is -2.78. The van der Waals surface area contributed by atoms with Gasteiger partial charge in [-0.1, -0.05) is 18.6 Å². The van der Waals surface area contributed by atoms with E-state index in [0.717, 1.165) is 45.2 Å². The highest BCUT2D eigenvalue weighted by atomic mass is 16.7. The van der Waals surface area contributed by atoms with Gasteiger partial charge in [-0.25, -0.2) is 9.59 Å². The van der Waals surface area contributed by atoms with Crippen molar-refractivity contribution in [2.24, 2.45) is 5.41 Å². The first-order valence-electron chi connectivity index (χ1n) is 12.9. The van der Waals surface area contributed by atoms with E-state index in [-0.39, 0.29) is 31.3 Å². The highest BCUT2D eigenvalue weighted by molar-refractivity contribution is 6.00. The monoisotopic (exact) mass is 485 g/mol. The Morgan fingerprint density at radius 2 is 1.91 bits per heavy atom. The van der Waals surface area contributed by atoms with Crippen LogP contribution < -0.4 is 15.5 Å². The maximum absolute atomic E-state index is 13.4. The predicted octanol–water partition coefficient (Wildman–Crippen LogP) is 3.47. The highest BCUT2D eigenvalue weighted by Gasteiger charge is 2.76. The van der Waals surface area contributed by atoms with Crippen LogP contribution in [0.1, 0.15) is 63.9 Å². The molecule has 0 spiro atoms. The first-order valence-corrected chi connectivity index (χ1v) is 12.9. The average molecular weight is 486 g/mol. The molecular formula is C26H35N3O6. The van der Waals surface area contributed by atoms with E-state index in [1.54, 1.807) is 18.7 Å². The molecule has 2 amide bonds. The van der Waals surface area contributed by atoms with E-state index in [0.29, 0.717) is 18.0 Å². The van der Waals surface area contributed by atoms with Crippen LogP contribution in [0.5, 0.6) is 0 Å². The number of esters is 1. The number of nitrogens with zero attached hydrogens (tertiary/aromatic N) is 1. The second kappa shape index (κ2) is 9.33. The van der Waals surface area contributed by atoms with Gasteiger partial charge in [-0.05, 0) is 82.7 Å². The van der Waals surface area contributed by atoms with Crippen LogP contribution >= 0.6 is 0 Å². The summed E-state index contributed by atoms with van der Waals surface area (Å²) >= 11 is 0. The number of rotatable bonds is 6. The summed E-state index contributed by atoms with van der Waals surface area (Å²) in [6.45, 7) is 5.80. The van der Waals surface area contributed by atoms with Gasteiger partial charge in [0.1, 0.15) is 23.2 Å². The first-order chi connectivity index (χ1) is 16.9. The summed E-state index contributed by atoms with van der Waals surface area (Å²) < 4.78 is 16.4. The summed E-state index contributed by atoms with van der Waals surface area (Å²) in [7, 11) is 0. The van der Waals surface area contributed by atoms with Gasteiger partial charge in [0.2, 0.25) is 0 Å². The molecule has 2 N–H and O–H groups in total. The van der Waals surface area contributed by atoms with E-state index < -0.39 is 23.2 Å². The van der Waals surface area contributed by atoms with Gasteiger partial charge in [0.05, 0.1) is 6.61 Å². The number of hydrogen-bond acceptors (Lipinski definition) is 7. The molecule has 0 aromatic heterocycles. The lowest BCUT2D eigenvalue weighted by molar-refractivity contribution is -0.235. The molecule has 4 atom stereocenters. The van der Waals surface area contributed by atoms with Gasteiger partial charge >= 0.3 is 18.2 Å². The first kappa shape index (κ1) is 23.9. The zero-order valence-corrected chi connectivity index (χ0v) is 20.5. The molecule has 3 aliphatic heterocycles. The second-order valence-electron chi connectivity index (χ2n) is 10.1. The number of ether oxygens (including phenoxy) is 3. The van der Waals surface area contributed by atoms with Crippen molar-refractivity contribution in [3.8, 4) is 0 Å². The summed E-state index contributed by atoms with van der Waals surface area (Å²) in [4.78, 5) is 40.7. The van der Waals surface area contributed by atoms with Crippen molar-refractivity contribution in [2.45, 2.75) is 76.0 Å². The van der Waals surface area contributed by atoms with E-state index in [1.807, 2.05) is 12.1 Å². The normalized spacial score (nSPS) is 31.6. The molecule has 190 valence electrons. The van der Waals surface area contributed by atoms with Crippen LogP contribution in [0.3, 0.4) is 0 Å². The lowest BCUT2D eigenvalue weighted by Gasteiger charge is -2.61. The highest BCUT2D eigenvalue weighted by Crippen LogP contribution is 2.59. The third kappa shape index (κ3) is 3.66. The topological polar surface area (TPSA) is 106 Å². The van der Waals surface area contributed by atoms with Gasteiger partial charge in [0, 0.05) is 12.2 Å². The van der Waals surface area contributed by atoms with E-state index in [1.165, 1.54) is 5.56 Å². The maximum atomic E-state index is 13.4. The number of hydrogen-bond donors (Lipinski definition) is 2. The van der Waals surface area contributed by atoms with E-state index in [9.17, 15) is 14.4 Å². The second-order valence-corrected chi connectivity index (χ2v) is 10.1. The SMILES string of the molecule is CCOC(=O)OC(C)C1(C23CCCCC2OC3=O)CNC(=O)N1c1ccc(C2CCNCC2)cc1. The van der Waals surface area contributed by atoms with Crippen LogP contribution in [0.2, 0.25) is 0 Å². The number of urea groups is 1. The third-order valence-electron chi connectivity index (χ3n) is 8.50. The van der Waals surface area contributed by atoms with E-state index in [4.69, 9.17) is 14.2 Å². The number of anilines is 1. The minimum Gasteiger partial charge on any atom is -0.460 e. The molecule has 3 heterocycles. The number of carbonyl (C=O) groups is 3. The Hall–Kier alpha value is -2.81. The Labute approximate surface area is 205 Å². The molecule has 0 radical (unpaired) electrons. The smallest absolute Gasteiger partial charge is 0.460 e. The Morgan fingerprint density at radius 3 is 2.57 bits per heavy atom. The molecule has 35 heavy (non-hydrogen) atoms. The molecule has 1 saturated carbocycles. The fourth-order valence-corrected chi connectivity index (χ4v) is 6.77. The van der Waals surface area contributed by atoms with Crippen molar-refractivity contribution in [1.82, 2.24) is 10.6 Å². The molecule has 9 nitrogen and oxygen atoms in total. The number of amides is 2. The number of nitrogens with one attached hydrogen (secondary N) is 2. The maximum Gasteiger partial charge on any atom is 0.508 e. The molecule has 0 bridgehead atoms. The van der Waals surface area contributed by atoms with E-state index in [2.05, 4.69) is 22.8 Å². The predicted molar refractivity (Wildman–Crippen MR) is 128 cm³/mol. The van der Waals surface area contributed by atoms with Gasteiger partial charge in [0.15, 0.2) is 0 Å². The van der Waals surface area contributed by atoms with Gasteiger partial charge in [-0.2, -0.15) is 0 Å². The van der Waals surface area contributed by atoms with Crippen molar-refractivity contribution in [3.63, 3.8) is 0 Å². The Kier molecular flexibility index (Phi) is 6.38. The zero-order chi connectivity index (χ0) is 24.6. The van der Waals surface area contributed by atoms with Crippen LogP contribution in [-0.2, 0) is 19.0 Å². The molecular weight excluding hydrogens is 450 g/mol. The van der Waals surface area contributed by atoms with Crippen LogP contribution in [0.25, 0.3) is 0 Å². The van der Waals surface area contributed by atoms with Crippen LogP contribution in [0.15, 0.2) is 24.3 Å². The minimum absolute atomic E-state index is 0.174. The standard InChI is InChI=1S/C26H35N3O6/c1-3-33-24(32)34-17(2)26(25-13-5-4-6-21(25)35-22(25)30)16-28-23(31)29(26)20-9-7-18(8-10-20)19-11-14-27-15-12-19/h7-10,17,19,21,27H,3-6,11-16H2,1-2H3,(H,28,31). The summed E-state index contributed by atoms with van der Waals surface area (Å²) in [5.41, 5.74) is -0.166. The zero-order valence-electron chi connectivity index (χ0n) is 20.5. The number of benzene rings is 1. The summed E-state index contributed by atoms with van der Waals surface area (Å²) in [5, 5.41) is 6.35. The van der Waals surface area contributed by atoms with Crippen LogP contribution in [0.4, 0.5) is 15.3 Å². The molecule has 4 aliphatic rings. The average Bonchev–Trinajstić information content (AvgIpc) is 3.22. The lowest BCUT2D eigenvalue weighted by atomic mass is 9.54. The van der Waals surface area contributed by atoms with E-state index >= 15 is 0 Å². The quantitative estimate of drug-likeness (QED) is 0.594. The Morgan fingerprint density at radius 1 is 1.17 bits per heavy atom. The van der Waals surface area contributed by atoms with Crippen LogP contribution in [-0.4, -0.2) is 62.1 Å². The van der Waals surface area contributed by atoms with Crippen molar-refractivity contribution in [2.75, 3.05) is 31.1 Å². The Bertz CT molecular complexity index is 978. The molecule has 1 aliphatic carbocycles. The molecule has 9 heteroatoms. The van der Waals surface area contributed by atoms with Crippen molar-refractivity contribution in [3.05, 3.63) is 29.8 Å². The summed E-state index contributed by atoms with van der Waals surface area (Å²) in [6.07, 6.45) is 3.33. The summed E-state index contributed by atoms with van der Waals surface area (Å²) in [6, 6.07) is 7.75. The molecule has 5 rings (SSSR count). The van der Waals surface area contributed by atoms with Gasteiger partial charge in [0.25, 0.3) is 0 Å². The van der Waals surface area contributed by atoms with Gasteiger partial charge in [-0.15, -0.1) is 0 Å². The number of piperidine rings is 1. The molecule has 3 saturated heterocycles. The minimum atomic E-state index is -1.13. The van der Waals surface area contributed by atoms with Crippen molar-refractivity contribution >= 4 is 23.8 Å². The van der Waals surface area contributed by atoms with Crippen molar-refractivity contribution < 1.29 is 28.6 Å². The molecule has 4 unspecified atom stereocenters. The summed E-state index contributed by atoms with van der Waals surface area (Å²) in [5.74, 6) is 0.158. The van der Waals surface area contributed by atoms with Crippen LogP contribution in [0, 0.1) is 5.41 Å². The Balaban J connectivity index is 1.55. The molecule has 1 aromatic rings. The third-order valence-corrected chi connectivity index (χ3v) is 8.50. The molecule has 1 aromatic carbocycles.